The van der Waals surface area contributed by atoms with Gasteiger partial charge in [-0.1, -0.05) is 32.9 Å². The smallest absolute Gasteiger partial charge is 0.216 e. The van der Waals surface area contributed by atoms with Crippen LogP contribution in [0.1, 0.15) is 44.9 Å². The zero-order valence-corrected chi connectivity index (χ0v) is 18.1. The molecule has 7 heteroatoms. The number of aromatic nitrogens is 1. The predicted octanol–water partition coefficient (Wildman–Crippen LogP) is 4.03. The van der Waals surface area contributed by atoms with E-state index in [0.717, 1.165) is 24.3 Å². The van der Waals surface area contributed by atoms with E-state index in [-0.39, 0.29) is 35.2 Å². The number of nitrogens with zero attached hydrogens (tertiary/aromatic N) is 2. The number of hydrogen-bond donors (Lipinski definition) is 2. The first-order chi connectivity index (χ1) is 11.9. The van der Waals surface area contributed by atoms with Crippen molar-refractivity contribution in [1.29, 1.82) is 0 Å². The number of oxazole rings is 1. The van der Waals surface area contributed by atoms with Crippen LogP contribution in [0.3, 0.4) is 0 Å². The minimum Gasteiger partial charge on any atom is -0.443 e. The van der Waals surface area contributed by atoms with E-state index in [1.165, 1.54) is 6.07 Å². The number of benzene rings is 1. The molecular formula is C19H28FIN4O. The SMILES string of the molecule is CCNC(=NCc1ncc(C(C)(C)C)o1)NCCc1cccc(F)c1.I. The van der Waals surface area contributed by atoms with Crippen LogP contribution in [0.4, 0.5) is 4.39 Å². The molecule has 2 N–H and O–H groups in total. The molecule has 0 spiro atoms. The number of nitrogens with one attached hydrogen (secondary N) is 2. The molecule has 2 rings (SSSR count). The van der Waals surface area contributed by atoms with Crippen LogP contribution in [0.5, 0.6) is 0 Å². The number of aliphatic imine (C=N–C) groups is 1. The zero-order chi connectivity index (χ0) is 18.3. The van der Waals surface area contributed by atoms with E-state index in [0.29, 0.717) is 24.9 Å². The van der Waals surface area contributed by atoms with Gasteiger partial charge in [0.2, 0.25) is 5.89 Å². The molecule has 0 fully saturated rings. The van der Waals surface area contributed by atoms with Crippen LogP contribution < -0.4 is 10.6 Å². The van der Waals surface area contributed by atoms with E-state index in [2.05, 4.69) is 41.4 Å². The third kappa shape index (κ3) is 7.31. The van der Waals surface area contributed by atoms with E-state index in [4.69, 9.17) is 4.42 Å². The molecule has 1 aromatic heterocycles. The van der Waals surface area contributed by atoms with Crippen molar-refractivity contribution in [3.05, 3.63) is 53.5 Å². The second kappa shape index (κ2) is 10.5. The highest BCUT2D eigenvalue weighted by Gasteiger charge is 2.18. The summed E-state index contributed by atoms with van der Waals surface area (Å²) in [6.45, 7) is 10.0. The Labute approximate surface area is 171 Å². The highest BCUT2D eigenvalue weighted by atomic mass is 127. The van der Waals surface area contributed by atoms with Crippen molar-refractivity contribution in [3.63, 3.8) is 0 Å². The molecule has 0 saturated carbocycles. The average Bonchev–Trinajstić information content (AvgIpc) is 3.02. The van der Waals surface area contributed by atoms with Crippen LogP contribution in [0, 0.1) is 5.82 Å². The molecule has 0 aliphatic heterocycles. The van der Waals surface area contributed by atoms with Crippen molar-refractivity contribution >= 4 is 29.9 Å². The van der Waals surface area contributed by atoms with Crippen molar-refractivity contribution < 1.29 is 8.81 Å². The average molecular weight is 474 g/mol. The van der Waals surface area contributed by atoms with Crippen LogP contribution >= 0.6 is 24.0 Å². The molecule has 0 atom stereocenters. The Morgan fingerprint density at radius 1 is 1.27 bits per heavy atom. The van der Waals surface area contributed by atoms with Crippen LogP contribution in [0.2, 0.25) is 0 Å². The quantitative estimate of drug-likeness (QED) is 0.377. The van der Waals surface area contributed by atoms with Crippen molar-refractivity contribution in [2.75, 3.05) is 13.1 Å². The standard InChI is InChI=1S/C19H27FN4O.HI/c1-5-21-18(22-10-9-14-7-6-8-15(20)11-14)24-13-17-23-12-16(25-17)19(2,3)4;/h6-8,11-12H,5,9-10,13H2,1-4H3,(H2,21,22,24);1H. The molecule has 0 bridgehead atoms. The van der Waals surface area contributed by atoms with E-state index in [1.807, 2.05) is 13.0 Å². The van der Waals surface area contributed by atoms with Crippen molar-refractivity contribution in [1.82, 2.24) is 15.6 Å². The van der Waals surface area contributed by atoms with E-state index >= 15 is 0 Å². The maximum atomic E-state index is 13.2. The molecule has 26 heavy (non-hydrogen) atoms. The molecular weight excluding hydrogens is 446 g/mol. The Kier molecular flexibility index (Phi) is 9.04. The van der Waals surface area contributed by atoms with Gasteiger partial charge in [-0.3, -0.25) is 0 Å². The summed E-state index contributed by atoms with van der Waals surface area (Å²) in [4.78, 5) is 8.77. The van der Waals surface area contributed by atoms with E-state index in [1.54, 1.807) is 18.3 Å². The Hall–Kier alpha value is -1.64. The summed E-state index contributed by atoms with van der Waals surface area (Å²) >= 11 is 0. The molecule has 0 aliphatic carbocycles. The Morgan fingerprint density at radius 3 is 2.65 bits per heavy atom. The van der Waals surface area contributed by atoms with Gasteiger partial charge in [-0.05, 0) is 31.0 Å². The summed E-state index contributed by atoms with van der Waals surface area (Å²) in [5.41, 5.74) is 0.883. The lowest BCUT2D eigenvalue weighted by Crippen LogP contribution is -2.38. The lowest BCUT2D eigenvalue weighted by molar-refractivity contribution is 0.383. The fourth-order valence-electron chi connectivity index (χ4n) is 2.24. The first kappa shape index (κ1) is 22.4. The van der Waals surface area contributed by atoms with Gasteiger partial charge in [0.25, 0.3) is 0 Å². The molecule has 1 aromatic carbocycles. The molecule has 0 aliphatic rings. The van der Waals surface area contributed by atoms with Gasteiger partial charge in [-0.2, -0.15) is 0 Å². The van der Waals surface area contributed by atoms with Gasteiger partial charge in [0.1, 0.15) is 18.1 Å². The largest absolute Gasteiger partial charge is 0.443 e. The Morgan fingerprint density at radius 2 is 2.04 bits per heavy atom. The maximum absolute atomic E-state index is 13.2. The minimum absolute atomic E-state index is 0. The predicted molar refractivity (Wildman–Crippen MR) is 114 cm³/mol. The van der Waals surface area contributed by atoms with Crippen LogP contribution in [0.25, 0.3) is 0 Å². The summed E-state index contributed by atoms with van der Waals surface area (Å²) < 4.78 is 18.9. The fourth-order valence-corrected chi connectivity index (χ4v) is 2.24. The lowest BCUT2D eigenvalue weighted by Gasteiger charge is -2.13. The van der Waals surface area contributed by atoms with Gasteiger partial charge in [0.05, 0.1) is 6.20 Å². The molecule has 0 amide bonds. The first-order valence-corrected chi connectivity index (χ1v) is 8.60. The van der Waals surface area contributed by atoms with E-state index in [9.17, 15) is 4.39 Å². The van der Waals surface area contributed by atoms with Crippen molar-refractivity contribution in [2.45, 2.75) is 46.1 Å². The summed E-state index contributed by atoms with van der Waals surface area (Å²) in [6, 6.07) is 6.63. The molecule has 5 nitrogen and oxygen atoms in total. The van der Waals surface area contributed by atoms with Gasteiger partial charge < -0.3 is 15.1 Å². The van der Waals surface area contributed by atoms with Crippen LogP contribution in [-0.4, -0.2) is 24.0 Å². The summed E-state index contributed by atoms with van der Waals surface area (Å²) in [6.07, 6.45) is 2.48. The van der Waals surface area contributed by atoms with Crippen LogP contribution in [-0.2, 0) is 18.4 Å². The van der Waals surface area contributed by atoms with Gasteiger partial charge >= 0.3 is 0 Å². The number of hydrogen-bond acceptors (Lipinski definition) is 3. The molecule has 2 aromatic rings. The number of halogens is 2. The van der Waals surface area contributed by atoms with Gasteiger partial charge in [-0.15, -0.1) is 24.0 Å². The molecule has 0 radical (unpaired) electrons. The van der Waals surface area contributed by atoms with Gasteiger partial charge in [-0.25, -0.2) is 14.4 Å². The third-order valence-corrected chi connectivity index (χ3v) is 3.60. The zero-order valence-electron chi connectivity index (χ0n) is 15.8. The molecule has 0 saturated heterocycles. The minimum atomic E-state index is -0.211. The molecule has 0 unspecified atom stereocenters. The second-order valence-corrected chi connectivity index (χ2v) is 6.87. The Bertz CT molecular complexity index is 710. The first-order valence-electron chi connectivity index (χ1n) is 8.60. The third-order valence-electron chi connectivity index (χ3n) is 3.60. The van der Waals surface area contributed by atoms with Gasteiger partial charge in [0, 0.05) is 18.5 Å². The monoisotopic (exact) mass is 474 g/mol. The highest BCUT2D eigenvalue weighted by molar-refractivity contribution is 14.0. The molecule has 144 valence electrons. The molecule has 1 heterocycles. The number of guanidine groups is 1. The normalized spacial score (nSPS) is 11.8. The van der Waals surface area contributed by atoms with Crippen molar-refractivity contribution in [2.24, 2.45) is 4.99 Å². The van der Waals surface area contributed by atoms with Crippen molar-refractivity contribution in [3.8, 4) is 0 Å². The summed E-state index contributed by atoms with van der Waals surface area (Å²) in [7, 11) is 0. The fraction of sp³-hybridized carbons (Fsp3) is 0.474. The second-order valence-electron chi connectivity index (χ2n) is 6.87. The lowest BCUT2D eigenvalue weighted by atomic mass is 9.94. The van der Waals surface area contributed by atoms with Gasteiger partial charge in [0.15, 0.2) is 5.96 Å². The summed E-state index contributed by atoms with van der Waals surface area (Å²) in [5, 5.41) is 6.43. The van der Waals surface area contributed by atoms with E-state index < -0.39 is 0 Å². The topological polar surface area (TPSA) is 62.5 Å². The maximum Gasteiger partial charge on any atom is 0.216 e. The highest BCUT2D eigenvalue weighted by Crippen LogP contribution is 2.22. The van der Waals surface area contributed by atoms with Crippen LogP contribution in [0.15, 0.2) is 39.9 Å². The summed E-state index contributed by atoms with van der Waals surface area (Å²) in [5.74, 6) is 1.92. The number of rotatable bonds is 6. The Balaban J connectivity index is 0.00000338.